The van der Waals surface area contributed by atoms with Crippen molar-refractivity contribution in [3.8, 4) is 0 Å². The monoisotopic (exact) mass is 322 g/mol. The van der Waals surface area contributed by atoms with Gasteiger partial charge in [-0.25, -0.2) is 4.98 Å². The first-order valence-electron chi connectivity index (χ1n) is 7.42. The number of pyridine rings is 2. The summed E-state index contributed by atoms with van der Waals surface area (Å²) in [5, 5.41) is 0. The molecule has 0 bridgehead atoms. The second kappa shape index (κ2) is 6.54. The Hall–Kier alpha value is -2.15. The van der Waals surface area contributed by atoms with Gasteiger partial charge in [0.1, 0.15) is 5.82 Å². The SMILES string of the molecule is FC(F)(F)c1ccc(N2CCN(Cc3cccnc3)CC2)nc1. The summed E-state index contributed by atoms with van der Waals surface area (Å²) in [6.45, 7) is 4.02. The third kappa shape index (κ3) is 3.98. The lowest BCUT2D eigenvalue weighted by atomic mass is 10.2. The maximum Gasteiger partial charge on any atom is 0.417 e. The molecule has 0 radical (unpaired) electrons. The van der Waals surface area contributed by atoms with E-state index in [2.05, 4.69) is 14.9 Å². The summed E-state index contributed by atoms with van der Waals surface area (Å²) >= 11 is 0. The molecule has 2 aromatic heterocycles. The molecule has 122 valence electrons. The highest BCUT2D eigenvalue weighted by atomic mass is 19.4. The van der Waals surface area contributed by atoms with Gasteiger partial charge < -0.3 is 4.90 Å². The smallest absolute Gasteiger partial charge is 0.354 e. The molecule has 3 heterocycles. The van der Waals surface area contributed by atoms with Gasteiger partial charge in [0.25, 0.3) is 0 Å². The fourth-order valence-electron chi connectivity index (χ4n) is 2.63. The maximum absolute atomic E-state index is 12.6. The van der Waals surface area contributed by atoms with Crippen LogP contribution in [0, 0.1) is 0 Å². The van der Waals surface area contributed by atoms with Gasteiger partial charge in [-0.15, -0.1) is 0 Å². The van der Waals surface area contributed by atoms with Crippen LogP contribution in [0.2, 0.25) is 0 Å². The van der Waals surface area contributed by atoms with E-state index in [1.807, 2.05) is 23.2 Å². The van der Waals surface area contributed by atoms with Gasteiger partial charge in [0, 0.05) is 51.3 Å². The number of anilines is 1. The van der Waals surface area contributed by atoms with Crippen molar-refractivity contribution in [3.63, 3.8) is 0 Å². The number of aromatic nitrogens is 2. The van der Waals surface area contributed by atoms with Crippen molar-refractivity contribution in [2.45, 2.75) is 12.7 Å². The molecule has 23 heavy (non-hydrogen) atoms. The maximum atomic E-state index is 12.6. The fraction of sp³-hybridized carbons (Fsp3) is 0.375. The molecule has 3 rings (SSSR count). The number of hydrogen-bond donors (Lipinski definition) is 0. The van der Waals surface area contributed by atoms with E-state index in [-0.39, 0.29) is 0 Å². The van der Waals surface area contributed by atoms with Gasteiger partial charge in [-0.2, -0.15) is 13.2 Å². The van der Waals surface area contributed by atoms with Crippen LogP contribution in [0.4, 0.5) is 19.0 Å². The summed E-state index contributed by atoms with van der Waals surface area (Å²) in [4.78, 5) is 12.4. The molecular weight excluding hydrogens is 305 g/mol. The third-order valence-electron chi connectivity index (χ3n) is 3.90. The molecule has 0 spiro atoms. The summed E-state index contributed by atoms with van der Waals surface area (Å²) in [5.41, 5.74) is 0.449. The summed E-state index contributed by atoms with van der Waals surface area (Å²) in [6.07, 6.45) is 0.160. The highest BCUT2D eigenvalue weighted by molar-refractivity contribution is 5.40. The van der Waals surface area contributed by atoms with Crippen molar-refractivity contribution < 1.29 is 13.2 Å². The Morgan fingerprint density at radius 2 is 1.78 bits per heavy atom. The van der Waals surface area contributed by atoms with Crippen molar-refractivity contribution in [1.82, 2.24) is 14.9 Å². The van der Waals surface area contributed by atoms with E-state index in [4.69, 9.17) is 0 Å². The fourth-order valence-corrected chi connectivity index (χ4v) is 2.63. The Morgan fingerprint density at radius 3 is 2.35 bits per heavy atom. The third-order valence-corrected chi connectivity index (χ3v) is 3.90. The molecule has 0 atom stereocenters. The highest BCUT2D eigenvalue weighted by Crippen LogP contribution is 2.29. The Morgan fingerprint density at radius 1 is 1.00 bits per heavy atom. The normalized spacial score (nSPS) is 16.6. The van der Waals surface area contributed by atoms with Gasteiger partial charge in [-0.1, -0.05) is 6.07 Å². The average molecular weight is 322 g/mol. The van der Waals surface area contributed by atoms with E-state index in [1.54, 1.807) is 6.20 Å². The first-order valence-corrected chi connectivity index (χ1v) is 7.42. The molecule has 1 aliphatic rings. The summed E-state index contributed by atoms with van der Waals surface area (Å²) < 4.78 is 37.7. The van der Waals surface area contributed by atoms with Crippen LogP contribution in [0.15, 0.2) is 42.9 Å². The highest BCUT2D eigenvalue weighted by Gasteiger charge is 2.31. The second-order valence-corrected chi connectivity index (χ2v) is 5.53. The van der Waals surface area contributed by atoms with Crippen LogP contribution >= 0.6 is 0 Å². The molecule has 0 saturated carbocycles. The summed E-state index contributed by atoms with van der Waals surface area (Å²) in [6, 6.07) is 6.48. The molecular formula is C16H17F3N4. The molecule has 0 amide bonds. The largest absolute Gasteiger partial charge is 0.417 e. The molecule has 2 aromatic rings. The first kappa shape index (κ1) is 15.7. The molecule has 1 aliphatic heterocycles. The van der Waals surface area contributed by atoms with Crippen molar-refractivity contribution in [1.29, 1.82) is 0 Å². The number of rotatable bonds is 3. The van der Waals surface area contributed by atoms with Crippen LogP contribution in [0.25, 0.3) is 0 Å². The molecule has 0 N–H and O–H groups in total. The van der Waals surface area contributed by atoms with Crippen LogP contribution in [0.3, 0.4) is 0 Å². The number of piperazine rings is 1. The Labute approximate surface area is 132 Å². The molecule has 1 saturated heterocycles. The van der Waals surface area contributed by atoms with Crippen LogP contribution in [-0.4, -0.2) is 41.0 Å². The number of halogens is 3. The molecule has 7 heteroatoms. The van der Waals surface area contributed by atoms with Gasteiger partial charge in [0.15, 0.2) is 0 Å². The summed E-state index contributed by atoms with van der Waals surface area (Å²) in [5.74, 6) is 0.596. The predicted molar refractivity (Wildman–Crippen MR) is 81.0 cm³/mol. The van der Waals surface area contributed by atoms with Crippen LogP contribution in [-0.2, 0) is 12.7 Å². The molecule has 4 nitrogen and oxygen atoms in total. The van der Waals surface area contributed by atoms with E-state index >= 15 is 0 Å². The number of alkyl halides is 3. The lowest BCUT2D eigenvalue weighted by Crippen LogP contribution is -2.46. The van der Waals surface area contributed by atoms with Gasteiger partial charge in [0.05, 0.1) is 5.56 Å². The van der Waals surface area contributed by atoms with Crippen molar-refractivity contribution in [2.75, 3.05) is 31.1 Å². The van der Waals surface area contributed by atoms with Gasteiger partial charge in [-0.3, -0.25) is 9.88 Å². The molecule has 1 fully saturated rings. The first-order chi connectivity index (χ1) is 11.0. The van der Waals surface area contributed by atoms with Crippen LogP contribution < -0.4 is 4.90 Å². The van der Waals surface area contributed by atoms with Gasteiger partial charge in [-0.05, 0) is 23.8 Å². The van der Waals surface area contributed by atoms with Crippen molar-refractivity contribution in [3.05, 3.63) is 54.0 Å². The zero-order chi connectivity index (χ0) is 16.3. The van der Waals surface area contributed by atoms with E-state index < -0.39 is 11.7 Å². The Kier molecular flexibility index (Phi) is 4.47. The Bertz CT molecular complexity index is 620. The van der Waals surface area contributed by atoms with E-state index in [1.165, 1.54) is 6.07 Å². The second-order valence-electron chi connectivity index (χ2n) is 5.53. The minimum atomic E-state index is -4.34. The molecule has 0 unspecified atom stereocenters. The minimum Gasteiger partial charge on any atom is -0.354 e. The van der Waals surface area contributed by atoms with Crippen molar-refractivity contribution >= 4 is 5.82 Å². The lowest BCUT2D eigenvalue weighted by Gasteiger charge is -2.35. The van der Waals surface area contributed by atoms with Gasteiger partial charge >= 0.3 is 6.18 Å². The zero-order valence-electron chi connectivity index (χ0n) is 12.5. The van der Waals surface area contributed by atoms with E-state index in [0.717, 1.165) is 50.6 Å². The van der Waals surface area contributed by atoms with Crippen molar-refractivity contribution in [2.24, 2.45) is 0 Å². The average Bonchev–Trinajstić information content (AvgIpc) is 2.56. The lowest BCUT2D eigenvalue weighted by molar-refractivity contribution is -0.137. The minimum absolute atomic E-state index is 0.596. The predicted octanol–water partition coefficient (Wildman–Crippen LogP) is 2.82. The van der Waals surface area contributed by atoms with E-state index in [9.17, 15) is 13.2 Å². The van der Waals surface area contributed by atoms with Gasteiger partial charge in [0.2, 0.25) is 0 Å². The quantitative estimate of drug-likeness (QED) is 0.870. The molecule has 0 aliphatic carbocycles. The standard InChI is InChI=1S/C16H17F3N4/c17-16(18,19)14-3-4-15(21-11-14)23-8-6-22(7-9-23)12-13-2-1-5-20-10-13/h1-5,10-11H,6-9,12H2. The molecule has 0 aromatic carbocycles. The Balaban J connectivity index is 1.56. The van der Waals surface area contributed by atoms with E-state index in [0.29, 0.717) is 5.82 Å². The van der Waals surface area contributed by atoms with Crippen LogP contribution in [0.5, 0.6) is 0 Å². The zero-order valence-corrected chi connectivity index (χ0v) is 12.5. The topological polar surface area (TPSA) is 32.3 Å². The number of nitrogens with zero attached hydrogens (tertiary/aromatic N) is 4. The van der Waals surface area contributed by atoms with Crippen LogP contribution in [0.1, 0.15) is 11.1 Å². The summed E-state index contributed by atoms with van der Waals surface area (Å²) in [7, 11) is 0. The number of hydrogen-bond acceptors (Lipinski definition) is 4.